The number of aromatic nitrogens is 1. The van der Waals surface area contributed by atoms with E-state index >= 15 is 0 Å². The topological polar surface area (TPSA) is 34.1 Å². The minimum Gasteiger partial charge on any atom is -0.478 e. The largest absolute Gasteiger partial charge is 0.478 e. The molecule has 0 bridgehead atoms. The van der Waals surface area contributed by atoms with Crippen LogP contribution >= 0.6 is 12.4 Å². The molecule has 2 rings (SSSR count). The summed E-state index contributed by atoms with van der Waals surface area (Å²) in [6.07, 6.45) is 5.56. The van der Waals surface area contributed by atoms with Crippen LogP contribution in [0.15, 0.2) is 18.3 Å². The van der Waals surface area contributed by atoms with Gasteiger partial charge in [0.25, 0.3) is 0 Å². The first kappa shape index (κ1) is 14.3. The number of halogens is 1. The van der Waals surface area contributed by atoms with E-state index in [2.05, 4.69) is 17.2 Å². The molecule has 2 heterocycles. The molecule has 1 atom stereocenters. The van der Waals surface area contributed by atoms with Gasteiger partial charge in [-0.25, -0.2) is 4.98 Å². The lowest BCUT2D eigenvalue weighted by Gasteiger charge is -2.22. The number of nitrogens with one attached hydrogen (secondary N) is 1. The van der Waals surface area contributed by atoms with Gasteiger partial charge in [0, 0.05) is 12.3 Å². The first-order valence-corrected chi connectivity index (χ1v) is 6.11. The predicted molar refractivity (Wildman–Crippen MR) is 71.9 cm³/mol. The normalized spacial score (nSPS) is 19.5. The number of pyridine rings is 1. The van der Waals surface area contributed by atoms with E-state index in [0.717, 1.165) is 31.4 Å². The zero-order chi connectivity index (χ0) is 11.2. The van der Waals surface area contributed by atoms with Crippen LogP contribution < -0.4 is 10.1 Å². The molecule has 17 heavy (non-hydrogen) atoms. The van der Waals surface area contributed by atoms with Gasteiger partial charge in [0.05, 0.1) is 6.61 Å². The summed E-state index contributed by atoms with van der Waals surface area (Å²) in [6.45, 7) is 5.16. The summed E-state index contributed by atoms with van der Waals surface area (Å²) in [5.74, 6) is 1.53. The molecule has 0 aliphatic carbocycles. The average Bonchev–Trinajstić information content (AvgIpc) is 2.30. The van der Waals surface area contributed by atoms with E-state index < -0.39 is 0 Å². The quantitative estimate of drug-likeness (QED) is 0.899. The van der Waals surface area contributed by atoms with Crippen LogP contribution in [0.5, 0.6) is 5.88 Å². The van der Waals surface area contributed by atoms with Crippen LogP contribution in [0.4, 0.5) is 0 Å². The van der Waals surface area contributed by atoms with Crippen molar-refractivity contribution in [2.75, 3.05) is 19.7 Å². The number of hydrogen-bond acceptors (Lipinski definition) is 3. The Morgan fingerprint density at radius 1 is 1.53 bits per heavy atom. The van der Waals surface area contributed by atoms with E-state index in [1.807, 2.05) is 12.1 Å². The molecule has 0 saturated carbocycles. The van der Waals surface area contributed by atoms with Crippen molar-refractivity contribution in [2.45, 2.75) is 26.2 Å². The van der Waals surface area contributed by atoms with Crippen molar-refractivity contribution < 1.29 is 4.74 Å². The fourth-order valence-corrected chi connectivity index (χ4v) is 2.09. The summed E-state index contributed by atoms with van der Waals surface area (Å²) in [4.78, 5) is 4.18. The molecule has 0 spiro atoms. The predicted octanol–water partition coefficient (Wildman–Crippen LogP) is 2.58. The van der Waals surface area contributed by atoms with Gasteiger partial charge in [0.2, 0.25) is 5.88 Å². The zero-order valence-corrected chi connectivity index (χ0v) is 11.1. The van der Waals surface area contributed by atoms with Gasteiger partial charge < -0.3 is 10.1 Å². The van der Waals surface area contributed by atoms with Crippen molar-refractivity contribution in [3.8, 4) is 5.88 Å². The maximum absolute atomic E-state index is 5.65. The summed E-state index contributed by atoms with van der Waals surface area (Å²) in [7, 11) is 0. The van der Waals surface area contributed by atoms with Crippen LogP contribution in [-0.4, -0.2) is 24.7 Å². The highest BCUT2D eigenvalue weighted by Gasteiger charge is 2.12. The Hall–Kier alpha value is -0.800. The van der Waals surface area contributed by atoms with Crippen LogP contribution in [0.25, 0.3) is 0 Å². The first-order chi connectivity index (χ1) is 7.84. The van der Waals surface area contributed by atoms with Gasteiger partial charge in [-0.15, -0.1) is 12.4 Å². The molecule has 1 saturated heterocycles. The Labute approximate surface area is 109 Å². The number of rotatable bonds is 4. The van der Waals surface area contributed by atoms with E-state index in [0.29, 0.717) is 0 Å². The van der Waals surface area contributed by atoms with E-state index in [1.165, 1.54) is 24.9 Å². The average molecular weight is 257 g/mol. The molecule has 0 amide bonds. The van der Waals surface area contributed by atoms with Crippen molar-refractivity contribution in [1.29, 1.82) is 0 Å². The van der Waals surface area contributed by atoms with Crippen molar-refractivity contribution in [2.24, 2.45) is 5.92 Å². The molecule has 1 aromatic heterocycles. The minimum atomic E-state index is 0. The maximum Gasteiger partial charge on any atom is 0.213 e. The van der Waals surface area contributed by atoms with Crippen LogP contribution in [-0.2, 0) is 0 Å². The number of aryl methyl sites for hydroxylation is 1. The van der Waals surface area contributed by atoms with Gasteiger partial charge in [-0.3, -0.25) is 0 Å². The first-order valence-electron chi connectivity index (χ1n) is 6.11. The Morgan fingerprint density at radius 2 is 2.41 bits per heavy atom. The smallest absolute Gasteiger partial charge is 0.213 e. The zero-order valence-electron chi connectivity index (χ0n) is 10.3. The van der Waals surface area contributed by atoms with E-state index in [1.54, 1.807) is 6.20 Å². The molecular formula is C13H21ClN2O. The van der Waals surface area contributed by atoms with Crippen LogP contribution in [0, 0.1) is 12.8 Å². The molecule has 1 unspecified atom stereocenters. The van der Waals surface area contributed by atoms with E-state index in [9.17, 15) is 0 Å². The number of nitrogens with zero attached hydrogens (tertiary/aromatic N) is 1. The third-order valence-electron chi connectivity index (χ3n) is 3.07. The lowest BCUT2D eigenvalue weighted by atomic mass is 9.97. The van der Waals surface area contributed by atoms with Crippen molar-refractivity contribution >= 4 is 12.4 Å². The number of piperidine rings is 1. The molecule has 1 fully saturated rings. The third kappa shape index (κ3) is 4.92. The summed E-state index contributed by atoms with van der Waals surface area (Å²) >= 11 is 0. The third-order valence-corrected chi connectivity index (χ3v) is 3.07. The number of hydrogen-bond donors (Lipinski definition) is 1. The second-order valence-corrected chi connectivity index (χ2v) is 4.52. The van der Waals surface area contributed by atoms with Gasteiger partial charge in [-0.2, -0.15) is 0 Å². The molecule has 4 heteroatoms. The van der Waals surface area contributed by atoms with E-state index in [-0.39, 0.29) is 12.4 Å². The summed E-state index contributed by atoms with van der Waals surface area (Å²) in [6, 6.07) is 3.97. The molecule has 96 valence electrons. The summed E-state index contributed by atoms with van der Waals surface area (Å²) in [5.41, 5.74) is 1.20. The van der Waals surface area contributed by atoms with Crippen molar-refractivity contribution in [3.05, 3.63) is 23.9 Å². The second kappa shape index (κ2) is 7.51. The fraction of sp³-hybridized carbons (Fsp3) is 0.615. The Bertz CT molecular complexity index is 327. The van der Waals surface area contributed by atoms with Crippen LogP contribution in [0.1, 0.15) is 24.8 Å². The molecule has 1 aliphatic rings. The Morgan fingerprint density at radius 3 is 3.12 bits per heavy atom. The lowest BCUT2D eigenvalue weighted by molar-refractivity contribution is 0.247. The van der Waals surface area contributed by atoms with Crippen molar-refractivity contribution in [3.63, 3.8) is 0 Å². The molecule has 0 radical (unpaired) electrons. The highest BCUT2D eigenvalue weighted by atomic mass is 35.5. The molecular weight excluding hydrogens is 236 g/mol. The van der Waals surface area contributed by atoms with E-state index in [4.69, 9.17) is 4.74 Å². The highest BCUT2D eigenvalue weighted by molar-refractivity contribution is 5.85. The van der Waals surface area contributed by atoms with Gasteiger partial charge in [-0.1, -0.05) is 0 Å². The Balaban J connectivity index is 0.00000144. The summed E-state index contributed by atoms with van der Waals surface area (Å²) < 4.78 is 5.65. The molecule has 1 aromatic rings. The molecule has 1 aliphatic heterocycles. The van der Waals surface area contributed by atoms with Gasteiger partial charge in [0.1, 0.15) is 0 Å². The van der Waals surface area contributed by atoms with Crippen LogP contribution in [0.3, 0.4) is 0 Å². The second-order valence-electron chi connectivity index (χ2n) is 4.52. The molecule has 0 aromatic carbocycles. The van der Waals surface area contributed by atoms with Gasteiger partial charge in [-0.05, 0) is 56.8 Å². The lowest BCUT2D eigenvalue weighted by Crippen LogP contribution is -2.30. The highest BCUT2D eigenvalue weighted by Crippen LogP contribution is 2.15. The number of ether oxygens (including phenoxy) is 1. The van der Waals surface area contributed by atoms with Gasteiger partial charge in [0.15, 0.2) is 0 Å². The molecule has 1 N–H and O–H groups in total. The fourth-order valence-electron chi connectivity index (χ4n) is 2.09. The van der Waals surface area contributed by atoms with Crippen molar-refractivity contribution in [1.82, 2.24) is 10.3 Å². The maximum atomic E-state index is 5.65. The van der Waals surface area contributed by atoms with Gasteiger partial charge >= 0.3 is 0 Å². The SMILES string of the molecule is Cc1ccnc(OCCC2CCCNC2)c1.Cl. The summed E-state index contributed by atoms with van der Waals surface area (Å²) in [5, 5.41) is 3.42. The molecule has 3 nitrogen and oxygen atoms in total. The Kier molecular flexibility index (Phi) is 6.30. The van der Waals surface area contributed by atoms with Crippen LogP contribution in [0.2, 0.25) is 0 Å². The standard InChI is InChI=1S/C13H20N2O.ClH/c1-11-4-7-15-13(9-11)16-8-5-12-3-2-6-14-10-12;/h4,7,9,12,14H,2-3,5-6,8,10H2,1H3;1H. The monoisotopic (exact) mass is 256 g/mol. The minimum absolute atomic E-state index is 0.